The van der Waals surface area contributed by atoms with Crippen molar-refractivity contribution in [2.45, 2.75) is 70.4 Å². The van der Waals surface area contributed by atoms with Crippen molar-refractivity contribution in [1.29, 1.82) is 0 Å². The molecule has 2 amide bonds. The Morgan fingerprint density at radius 3 is 2.65 bits per heavy atom. The molecule has 0 aromatic carbocycles. The standard InChI is InChI=1S/C13H27N3O/c1-2-3-7-12(10-14)16-13(17)15-11-8-5-4-6-9-11/h11-12H,2-10,14H2,1H3,(H2,15,16,17). The van der Waals surface area contributed by atoms with Crippen molar-refractivity contribution < 1.29 is 4.79 Å². The van der Waals surface area contributed by atoms with Crippen LogP contribution in [0.5, 0.6) is 0 Å². The van der Waals surface area contributed by atoms with E-state index in [0.717, 1.165) is 32.1 Å². The number of nitrogens with one attached hydrogen (secondary N) is 2. The van der Waals surface area contributed by atoms with Gasteiger partial charge >= 0.3 is 6.03 Å². The van der Waals surface area contributed by atoms with E-state index < -0.39 is 0 Å². The second kappa shape index (κ2) is 8.34. The summed E-state index contributed by atoms with van der Waals surface area (Å²) in [4.78, 5) is 11.8. The number of hydrogen-bond acceptors (Lipinski definition) is 2. The van der Waals surface area contributed by atoms with Crippen LogP contribution in [-0.4, -0.2) is 24.7 Å². The van der Waals surface area contributed by atoms with Crippen LogP contribution in [0.3, 0.4) is 0 Å². The van der Waals surface area contributed by atoms with E-state index >= 15 is 0 Å². The maximum absolute atomic E-state index is 11.8. The molecule has 1 fully saturated rings. The molecule has 4 N–H and O–H groups in total. The minimum Gasteiger partial charge on any atom is -0.335 e. The summed E-state index contributed by atoms with van der Waals surface area (Å²) in [6.45, 7) is 2.67. The number of carbonyl (C=O) groups excluding carboxylic acids is 1. The van der Waals surface area contributed by atoms with E-state index in [1.54, 1.807) is 0 Å². The van der Waals surface area contributed by atoms with Crippen molar-refractivity contribution in [1.82, 2.24) is 10.6 Å². The fraction of sp³-hybridized carbons (Fsp3) is 0.923. The van der Waals surface area contributed by atoms with Crippen molar-refractivity contribution in [3.05, 3.63) is 0 Å². The van der Waals surface area contributed by atoms with Gasteiger partial charge in [0, 0.05) is 18.6 Å². The van der Waals surface area contributed by atoms with Gasteiger partial charge in [0.1, 0.15) is 0 Å². The van der Waals surface area contributed by atoms with Crippen LogP contribution < -0.4 is 16.4 Å². The first-order chi connectivity index (χ1) is 8.26. The minimum absolute atomic E-state index is 0.0385. The van der Waals surface area contributed by atoms with Crippen LogP contribution in [0.25, 0.3) is 0 Å². The molecule has 0 aromatic heterocycles. The Bertz CT molecular complexity index is 215. The first-order valence-electron chi connectivity index (χ1n) is 7.03. The van der Waals surface area contributed by atoms with Gasteiger partial charge in [0.2, 0.25) is 0 Å². The lowest BCUT2D eigenvalue weighted by Crippen LogP contribution is -2.49. The predicted molar refractivity (Wildman–Crippen MR) is 70.9 cm³/mol. The van der Waals surface area contributed by atoms with E-state index in [-0.39, 0.29) is 12.1 Å². The van der Waals surface area contributed by atoms with Crippen LogP contribution in [0.15, 0.2) is 0 Å². The maximum Gasteiger partial charge on any atom is 0.315 e. The van der Waals surface area contributed by atoms with Crippen LogP contribution in [0.4, 0.5) is 4.79 Å². The number of hydrogen-bond donors (Lipinski definition) is 3. The monoisotopic (exact) mass is 241 g/mol. The third-order valence-electron chi connectivity index (χ3n) is 3.47. The predicted octanol–water partition coefficient (Wildman–Crippen LogP) is 2.14. The average Bonchev–Trinajstić information content (AvgIpc) is 2.35. The molecule has 0 bridgehead atoms. The summed E-state index contributed by atoms with van der Waals surface area (Å²) in [5.74, 6) is 0. The molecule has 1 aliphatic rings. The summed E-state index contributed by atoms with van der Waals surface area (Å²) in [6, 6.07) is 0.454. The van der Waals surface area contributed by atoms with Gasteiger partial charge in [0.05, 0.1) is 0 Å². The molecule has 17 heavy (non-hydrogen) atoms. The molecule has 0 saturated heterocycles. The summed E-state index contributed by atoms with van der Waals surface area (Å²) in [5, 5.41) is 6.03. The number of carbonyl (C=O) groups is 1. The summed E-state index contributed by atoms with van der Waals surface area (Å²) < 4.78 is 0. The second-order valence-electron chi connectivity index (χ2n) is 5.03. The molecule has 0 aliphatic heterocycles. The number of amides is 2. The van der Waals surface area contributed by atoms with Crippen molar-refractivity contribution in [3.63, 3.8) is 0 Å². The quantitative estimate of drug-likeness (QED) is 0.667. The highest BCUT2D eigenvalue weighted by Crippen LogP contribution is 2.17. The fourth-order valence-electron chi connectivity index (χ4n) is 2.36. The highest BCUT2D eigenvalue weighted by Gasteiger charge is 2.17. The van der Waals surface area contributed by atoms with Crippen molar-refractivity contribution in [3.8, 4) is 0 Å². The molecule has 0 aromatic rings. The van der Waals surface area contributed by atoms with Gasteiger partial charge in [0.15, 0.2) is 0 Å². The van der Waals surface area contributed by atoms with Gasteiger partial charge in [-0.3, -0.25) is 0 Å². The maximum atomic E-state index is 11.8. The van der Waals surface area contributed by atoms with Crippen LogP contribution in [0, 0.1) is 0 Å². The molecule has 4 heteroatoms. The largest absolute Gasteiger partial charge is 0.335 e. The van der Waals surface area contributed by atoms with E-state index in [2.05, 4.69) is 17.6 Å². The molecule has 0 radical (unpaired) electrons. The SMILES string of the molecule is CCCCC(CN)NC(=O)NC1CCCCC1. The van der Waals surface area contributed by atoms with E-state index in [1.807, 2.05) is 0 Å². The highest BCUT2D eigenvalue weighted by atomic mass is 16.2. The smallest absolute Gasteiger partial charge is 0.315 e. The zero-order valence-corrected chi connectivity index (χ0v) is 11.0. The molecule has 0 spiro atoms. The average molecular weight is 241 g/mol. The lowest BCUT2D eigenvalue weighted by Gasteiger charge is -2.24. The third kappa shape index (κ3) is 5.91. The van der Waals surface area contributed by atoms with Crippen molar-refractivity contribution >= 4 is 6.03 Å². The van der Waals surface area contributed by atoms with E-state index in [4.69, 9.17) is 5.73 Å². The zero-order valence-electron chi connectivity index (χ0n) is 11.0. The van der Waals surface area contributed by atoms with Gasteiger partial charge in [0.25, 0.3) is 0 Å². The first kappa shape index (κ1) is 14.3. The van der Waals surface area contributed by atoms with E-state index in [1.165, 1.54) is 19.3 Å². The number of urea groups is 1. The molecular formula is C13H27N3O. The van der Waals surface area contributed by atoms with Crippen LogP contribution in [0.2, 0.25) is 0 Å². The van der Waals surface area contributed by atoms with Crippen LogP contribution in [0.1, 0.15) is 58.3 Å². The molecular weight excluding hydrogens is 214 g/mol. The fourth-order valence-corrected chi connectivity index (χ4v) is 2.36. The number of unbranched alkanes of at least 4 members (excludes halogenated alkanes) is 1. The van der Waals surface area contributed by atoms with Gasteiger partial charge in [-0.15, -0.1) is 0 Å². The molecule has 1 atom stereocenters. The van der Waals surface area contributed by atoms with Crippen molar-refractivity contribution in [2.24, 2.45) is 5.73 Å². The number of rotatable bonds is 6. The minimum atomic E-state index is -0.0385. The Labute approximate surface area is 105 Å². The Morgan fingerprint density at radius 2 is 2.06 bits per heavy atom. The zero-order chi connectivity index (χ0) is 12.5. The summed E-state index contributed by atoms with van der Waals surface area (Å²) in [7, 11) is 0. The molecule has 1 unspecified atom stereocenters. The molecule has 1 saturated carbocycles. The second-order valence-corrected chi connectivity index (χ2v) is 5.03. The van der Waals surface area contributed by atoms with Crippen LogP contribution in [-0.2, 0) is 0 Å². The number of nitrogens with two attached hydrogens (primary N) is 1. The van der Waals surface area contributed by atoms with Gasteiger partial charge in [-0.1, -0.05) is 39.0 Å². The van der Waals surface area contributed by atoms with Gasteiger partial charge in [-0.05, 0) is 19.3 Å². The lowest BCUT2D eigenvalue weighted by molar-refractivity contribution is 0.228. The third-order valence-corrected chi connectivity index (χ3v) is 3.47. The van der Waals surface area contributed by atoms with Gasteiger partial charge in [-0.2, -0.15) is 0 Å². The molecule has 1 rings (SSSR count). The molecule has 1 aliphatic carbocycles. The van der Waals surface area contributed by atoms with Gasteiger partial charge < -0.3 is 16.4 Å². The van der Waals surface area contributed by atoms with Crippen LogP contribution >= 0.6 is 0 Å². The molecule has 0 heterocycles. The molecule has 100 valence electrons. The molecule has 4 nitrogen and oxygen atoms in total. The van der Waals surface area contributed by atoms with E-state index in [0.29, 0.717) is 12.6 Å². The Morgan fingerprint density at radius 1 is 1.35 bits per heavy atom. The van der Waals surface area contributed by atoms with E-state index in [9.17, 15) is 4.79 Å². The summed E-state index contributed by atoms with van der Waals surface area (Å²) >= 11 is 0. The van der Waals surface area contributed by atoms with Gasteiger partial charge in [-0.25, -0.2) is 4.79 Å². The first-order valence-corrected chi connectivity index (χ1v) is 7.03. The highest BCUT2D eigenvalue weighted by molar-refractivity contribution is 5.74. The van der Waals surface area contributed by atoms with Crippen molar-refractivity contribution in [2.75, 3.05) is 6.54 Å². The summed E-state index contributed by atoms with van der Waals surface area (Å²) in [5.41, 5.74) is 5.65. The topological polar surface area (TPSA) is 67.1 Å². The normalized spacial score (nSPS) is 18.7. The Balaban J connectivity index is 2.21. The lowest BCUT2D eigenvalue weighted by atomic mass is 9.96. The Kier molecular flexibility index (Phi) is 7.01. The summed E-state index contributed by atoms with van der Waals surface area (Å²) in [6.07, 6.45) is 9.26. The Hall–Kier alpha value is -0.770.